The first-order valence-electron chi connectivity index (χ1n) is 8.08. The number of benzene rings is 3. The van der Waals surface area contributed by atoms with E-state index in [0.29, 0.717) is 17.9 Å². The van der Waals surface area contributed by atoms with E-state index in [1.54, 1.807) is 6.08 Å². The molecule has 0 aliphatic rings. The van der Waals surface area contributed by atoms with Gasteiger partial charge < -0.3 is 4.74 Å². The zero-order valence-corrected chi connectivity index (χ0v) is 14.0. The average molecular weight is 354 g/mol. The van der Waals surface area contributed by atoms with Crippen molar-refractivity contribution in [2.45, 2.75) is 12.8 Å². The number of alkyl halides is 3. The fourth-order valence-electron chi connectivity index (χ4n) is 2.60. The normalized spacial score (nSPS) is 11.2. The number of halogens is 3. The molecule has 0 heterocycles. The Labute approximate surface area is 150 Å². The van der Waals surface area contributed by atoms with Gasteiger partial charge in [0.25, 0.3) is 0 Å². The van der Waals surface area contributed by atoms with Crippen molar-refractivity contribution in [2.24, 2.45) is 0 Å². The first kappa shape index (κ1) is 17.8. The van der Waals surface area contributed by atoms with Gasteiger partial charge in [-0.1, -0.05) is 61.2 Å². The van der Waals surface area contributed by atoms with Gasteiger partial charge in [-0.3, -0.25) is 0 Å². The van der Waals surface area contributed by atoms with Gasteiger partial charge in [0.2, 0.25) is 0 Å². The van der Waals surface area contributed by atoms with Gasteiger partial charge in [0.05, 0.1) is 5.56 Å². The third-order valence-electron chi connectivity index (χ3n) is 4.00. The van der Waals surface area contributed by atoms with Crippen molar-refractivity contribution in [3.05, 3.63) is 96.1 Å². The van der Waals surface area contributed by atoms with E-state index in [2.05, 4.69) is 6.58 Å². The zero-order valence-electron chi connectivity index (χ0n) is 14.0. The van der Waals surface area contributed by atoms with E-state index in [4.69, 9.17) is 4.74 Å². The highest BCUT2D eigenvalue weighted by molar-refractivity contribution is 5.73. The second-order valence-electron chi connectivity index (χ2n) is 5.81. The molecule has 3 aromatic rings. The van der Waals surface area contributed by atoms with E-state index in [-0.39, 0.29) is 0 Å². The predicted molar refractivity (Wildman–Crippen MR) is 97.7 cm³/mol. The summed E-state index contributed by atoms with van der Waals surface area (Å²) in [6.45, 7) is 4.12. The molecular weight excluding hydrogens is 337 g/mol. The van der Waals surface area contributed by atoms with Crippen molar-refractivity contribution < 1.29 is 17.9 Å². The van der Waals surface area contributed by atoms with Crippen LogP contribution in [0.25, 0.3) is 17.2 Å². The third kappa shape index (κ3) is 4.14. The van der Waals surface area contributed by atoms with Crippen molar-refractivity contribution in [1.82, 2.24) is 0 Å². The van der Waals surface area contributed by atoms with Crippen molar-refractivity contribution in [3.63, 3.8) is 0 Å². The minimum absolute atomic E-state index is 0.377. The fourth-order valence-corrected chi connectivity index (χ4v) is 2.60. The Bertz CT molecular complexity index is 882. The van der Waals surface area contributed by atoms with E-state index < -0.39 is 11.7 Å². The van der Waals surface area contributed by atoms with Gasteiger partial charge in [-0.05, 0) is 41.0 Å². The molecule has 0 fully saturated rings. The maximum absolute atomic E-state index is 12.8. The maximum Gasteiger partial charge on any atom is 0.416 e. The number of rotatable bonds is 5. The summed E-state index contributed by atoms with van der Waals surface area (Å²) in [5.41, 5.74) is 2.59. The fraction of sp³-hybridized carbons (Fsp3) is 0.0909. The Kier molecular flexibility index (Phi) is 5.12. The molecule has 0 saturated heterocycles. The SMILES string of the molecule is C=Cc1ccc(OCc2ccccc2)c(-c2ccc(C(F)(F)F)cc2)c1. The Morgan fingerprint density at radius 2 is 1.58 bits per heavy atom. The van der Waals surface area contributed by atoms with Crippen molar-refractivity contribution in [1.29, 1.82) is 0 Å². The Morgan fingerprint density at radius 1 is 0.885 bits per heavy atom. The lowest BCUT2D eigenvalue weighted by molar-refractivity contribution is -0.137. The molecule has 0 atom stereocenters. The van der Waals surface area contributed by atoms with Gasteiger partial charge in [0.15, 0.2) is 0 Å². The lowest BCUT2D eigenvalue weighted by atomic mass is 10.0. The molecule has 0 bridgehead atoms. The maximum atomic E-state index is 12.8. The number of hydrogen-bond acceptors (Lipinski definition) is 1. The van der Waals surface area contributed by atoms with Gasteiger partial charge in [-0.15, -0.1) is 0 Å². The minimum atomic E-state index is -4.35. The van der Waals surface area contributed by atoms with Gasteiger partial charge in [-0.2, -0.15) is 13.2 Å². The van der Waals surface area contributed by atoms with Crippen LogP contribution in [0.15, 0.2) is 79.4 Å². The van der Waals surface area contributed by atoms with Gasteiger partial charge >= 0.3 is 6.18 Å². The van der Waals surface area contributed by atoms with E-state index in [1.807, 2.05) is 48.5 Å². The Balaban J connectivity index is 1.92. The van der Waals surface area contributed by atoms with Crippen LogP contribution >= 0.6 is 0 Å². The first-order valence-corrected chi connectivity index (χ1v) is 8.08. The predicted octanol–water partition coefficient (Wildman–Crippen LogP) is 6.59. The lowest BCUT2D eigenvalue weighted by Crippen LogP contribution is -2.04. The van der Waals surface area contributed by atoms with Crippen LogP contribution in [0.4, 0.5) is 13.2 Å². The summed E-state index contributed by atoms with van der Waals surface area (Å²) in [5.74, 6) is 0.610. The van der Waals surface area contributed by atoms with E-state index >= 15 is 0 Å². The van der Waals surface area contributed by atoms with Crippen LogP contribution in [-0.4, -0.2) is 0 Å². The highest BCUT2D eigenvalue weighted by Gasteiger charge is 2.30. The molecule has 0 aliphatic heterocycles. The molecule has 1 nitrogen and oxygen atoms in total. The second kappa shape index (κ2) is 7.48. The van der Waals surface area contributed by atoms with Gasteiger partial charge in [-0.25, -0.2) is 0 Å². The van der Waals surface area contributed by atoms with Gasteiger partial charge in [0, 0.05) is 5.56 Å². The monoisotopic (exact) mass is 354 g/mol. The summed E-state index contributed by atoms with van der Waals surface area (Å²) in [7, 11) is 0. The molecule has 0 saturated carbocycles. The van der Waals surface area contributed by atoms with Crippen LogP contribution in [0, 0.1) is 0 Å². The smallest absolute Gasteiger partial charge is 0.416 e. The molecule has 0 aromatic heterocycles. The van der Waals surface area contributed by atoms with E-state index in [0.717, 1.165) is 28.8 Å². The van der Waals surface area contributed by atoms with E-state index in [1.165, 1.54) is 12.1 Å². The van der Waals surface area contributed by atoms with Crippen LogP contribution in [0.1, 0.15) is 16.7 Å². The standard InChI is InChI=1S/C22H17F3O/c1-2-16-8-13-21(26-15-17-6-4-3-5-7-17)20(14-16)18-9-11-19(12-10-18)22(23,24)25/h2-14H,1,15H2. The highest BCUT2D eigenvalue weighted by atomic mass is 19.4. The zero-order chi connectivity index (χ0) is 18.6. The lowest BCUT2D eigenvalue weighted by Gasteiger charge is -2.14. The molecule has 4 heteroatoms. The molecule has 0 spiro atoms. The van der Waals surface area contributed by atoms with Crippen molar-refractivity contribution >= 4 is 6.08 Å². The summed E-state index contributed by atoms with van der Waals surface area (Å²) in [6.07, 6.45) is -2.66. The first-order chi connectivity index (χ1) is 12.5. The molecule has 132 valence electrons. The Hall–Kier alpha value is -3.01. The summed E-state index contributed by atoms with van der Waals surface area (Å²) < 4.78 is 44.3. The highest BCUT2D eigenvalue weighted by Crippen LogP contribution is 2.35. The van der Waals surface area contributed by atoms with Gasteiger partial charge in [0.1, 0.15) is 12.4 Å². The number of ether oxygens (including phenoxy) is 1. The average Bonchev–Trinajstić information content (AvgIpc) is 2.66. The topological polar surface area (TPSA) is 9.23 Å². The second-order valence-corrected chi connectivity index (χ2v) is 5.81. The van der Waals surface area contributed by atoms with Crippen LogP contribution in [0.5, 0.6) is 5.75 Å². The molecule has 0 aliphatic carbocycles. The molecule has 0 unspecified atom stereocenters. The molecular formula is C22H17F3O. The quantitative estimate of drug-likeness (QED) is 0.502. The summed E-state index contributed by atoms with van der Waals surface area (Å²) in [5, 5.41) is 0. The van der Waals surface area contributed by atoms with Crippen molar-refractivity contribution in [2.75, 3.05) is 0 Å². The molecule has 0 radical (unpaired) electrons. The summed E-state index contributed by atoms with van der Waals surface area (Å²) in [6, 6.07) is 20.3. The molecule has 3 rings (SSSR count). The molecule has 26 heavy (non-hydrogen) atoms. The van der Waals surface area contributed by atoms with Crippen LogP contribution in [0.2, 0.25) is 0 Å². The van der Waals surface area contributed by atoms with Crippen LogP contribution in [-0.2, 0) is 12.8 Å². The van der Waals surface area contributed by atoms with Crippen molar-refractivity contribution in [3.8, 4) is 16.9 Å². The van der Waals surface area contributed by atoms with Crippen LogP contribution in [0.3, 0.4) is 0 Å². The van der Waals surface area contributed by atoms with E-state index in [9.17, 15) is 13.2 Å². The number of hydrogen-bond donors (Lipinski definition) is 0. The minimum Gasteiger partial charge on any atom is -0.488 e. The summed E-state index contributed by atoms with van der Waals surface area (Å²) in [4.78, 5) is 0. The van der Waals surface area contributed by atoms with Crippen LogP contribution < -0.4 is 4.74 Å². The third-order valence-corrected chi connectivity index (χ3v) is 4.00. The molecule has 3 aromatic carbocycles. The molecule has 0 N–H and O–H groups in total. The Morgan fingerprint density at radius 3 is 2.19 bits per heavy atom. The molecule has 0 amide bonds. The largest absolute Gasteiger partial charge is 0.488 e. The summed E-state index contributed by atoms with van der Waals surface area (Å²) >= 11 is 0.